The number of hydrogen-bond donors (Lipinski definition) is 1. The van der Waals surface area contributed by atoms with Gasteiger partial charge in [0, 0.05) is 24.0 Å². The SMILES string of the molecule is CN(C)C1CCn2c1nc1cc(NC(=O)c3cc4cc(C(F)(F)F)ccc4n3Cc3cccc(F)c3)cnc12. The predicted octanol–water partition coefficient (Wildman–Crippen LogP) is 5.85. The Balaban J connectivity index is 1.37. The second kappa shape index (κ2) is 9.19. The Morgan fingerprint density at radius 1 is 1.13 bits per heavy atom. The Kier molecular flexibility index (Phi) is 5.91. The second-order valence-corrected chi connectivity index (χ2v) is 9.93. The first kappa shape index (κ1) is 25.1. The molecule has 1 amide bonds. The molecule has 0 saturated carbocycles. The van der Waals surface area contributed by atoms with Crippen molar-refractivity contribution in [1.82, 2.24) is 24.0 Å². The van der Waals surface area contributed by atoms with Crippen molar-refractivity contribution >= 4 is 33.7 Å². The minimum Gasteiger partial charge on any atom is -0.332 e. The molecule has 5 aromatic rings. The maximum Gasteiger partial charge on any atom is 0.416 e. The first-order chi connectivity index (χ1) is 18.6. The number of nitrogens with one attached hydrogen (secondary N) is 1. The van der Waals surface area contributed by atoms with Crippen molar-refractivity contribution in [2.24, 2.45) is 0 Å². The van der Waals surface area contributed by atoms with Crippen molar-refractivity contribution in [3.63, 3.8) is 0 Å². The number of carbonyl (C=O) groups is 1. The summed E-state index contributed by atoms with van der Waals surface area (Å²) >= 11 is 0. The molecule has 0 bridgehead atoms. The molecule has 1 aliphatic rings. The lowest BCUT2D eigenvalue weighted by molar-refractivity contribution is -0.137. The van der Waals surface area contributed by atoms with Crippen molar-refractivity contribution in [2.45, 2.75) is 31.7 Å². The number of alkyl halides is 3. The van der Waals surface area contributed by atoms with E-state index in [1.807, 2.05) is 14.1 Å². The summed E-state index contributed by atoms with van der Waals surface area (Å²) in [6.07, 6.45) is -2.05. The van der Waals surface area contributed by atoms with Gasteiger partial charge in [-0.1, -0.05) is 12.1 Å². The number of carbonyl (C=O) groups excluding carboxylic acids is 1. The number of pyridine rings is 1. The fraction of sp³-hybridized carbons (Fsp3) is 0.250. The molecule has 0 saturated heterocycles. The first-order valence-corrected chi connectivity index (χ1v) is 12.4. The lowest BCUT2D eigenvalue weighted by atomic mass is 10.1. The van der Waals surface area contributed by atoms with E-state index in [0.29, 0.717) is 22.3 Å². The van der Waals surface area contributed by atoms with Crippen LogP contribution in [0.2, 0.25) is 0 Å². The normalized spacial score (nSPS) is 15.4. The molecule has 1 aliphatic heterocycles. The minimum atomic E-state index is -4.53. The molecule has 39 heavy (non-hydrogen) atoms. The quantitative estimate of drug-likeness (QED) is 0.286. The van der Waals surface area contributed by atoms with Crippen molar-refractivity contribution in [3.05, 3.63) is 89.3 Å². The van der Waals surface area contributed by atoms with Gasteiger partial charge < -0.3 is 14.5 Å². The molecule has 6 rings (SSSR count). The van der Waals surface area contributed by atoms with Crippen LogP contribution in [-0.2, 0) is 19.3 Å². The van der Waals surface area contributed by atoms with E-state index in [4.69, 9.17) is 4.98 Å². The third-order valence-electron chi connectivity index (χ3n) is 7.11. The molecule has 3 aromatic heterocycles. The zero-order valence-electron chi connectivity index (χ0n) is 21.1. The van der Waals surface area contributed by atoms with Gasteiger partial charge in [-0.15, -0.1) is 0 Å². The van der Waals surface area contributed by atoms with Crippen LogP contribution in [0, 0.1) is 5.82 Å². The highest BCUT2D eigenvalue weighted by Crippen LogP contribution is 2.34. The zero-order chi connectivity index (χ0) is 27.5. The van der Waals surface area contributed by atoms with E-state index >= 15 is 0 Å². The Morgan fingerprint density at radius 3 is 2.69 bits per heavy atom. The smallest absolute Gasteiger partial charge is 0.332 e. The van der Waals surface area contributed by atoms with Crippen LogP contribution in [-0.4, -0.2) is 44.0 Å². The molecular formula is C28H24F4N6O. The number of halogens is 4. The van der Waals surface area contributed by atoms with Gasteiger partial charge in [0.15, 0.2) is 5.65 Å². The molecule has 0 spiro atoms. The molecule has 1 unspecified atom stereocenters. The summed E-state index contributed by atoms with van der Waals surface area (Å²) in [6.45, 7) is 0.889. The molecule has 7 nitrogen and oxygen atoms in total. The van der Waals surface area contributed by atoms with Gasteiger partial charge >= 0.3 is 6.18 Å². The second-order valence-electron chi connectivity index (χ2n) is 9.93. The number of aromatic nitrogens is 4. The summed E-state index contributed by atoms with van der Waals surface area (Å²) in [5.74, 6) is -0.0611. The van der Waals surface area contributed by atoms with Gasteiger partial charge in [-0.05, 0) is 68.5 Å². The van der Waals surface area contributed by atoms with Crippen LogP contribution in [0.4, 0.5) is 23.2 Å². The monoisotopic (exact) mass is 536 g/mol. The van der Waals surface area contributed by atoms with Gasteiger partial charge in [0.25, 0.3) is 5.91 Å². The van der Waals surface area contributed by atoms with Gasteiger partial charge in [0.05, 0.1) is 23.5 Å². The molecule has 0 aliphatic carbocycles. The average Bonchev–Trinajstić information content (AvgIpc) is 3.55. The first-order valence-electron chi connectivity index (χ1n) is 12.4. The highest BCUT2D eigenvalue weighted by atomic mass is 19.4. The van der Waals surface area contributed by atoms with Crippen LogP contribution in [0.25, 0.3) is 22.1 Å². The number of hydrogen-bond acceptors (Lipinski definition) is 4. The standard InChI is InChI=1S/C28H24F4N6O/c1-36(2)23-8-9-37-25-21(35-26(23)37)13-20(14-33-25)34-27(39)24-12-17-11-18(28(30,31)32)6-7-22(17)38(24)15-16-4-3-5-19(29)10-16/h3-7,10-14,23H,8-9,15H2,1-2H3,(H,34,39). The summed E-state index contributed by atoms with van der Waals surface area (Å²) in [5.41, 5.74) is 2.08. The summed E-state index contributed by atoms with van der Waals surface area (Å²) < 4.78 is 57.6. The van der Waals surface area contributed by atoms with E-state index in [2.05, 4.69) is 19.8 Å². The third kappa shape index (κ3) is 4.52. The van der Waals surface area contributed by atoms with Crippen LogP contribution in [0.15, 0.2) is 60.8 Å². The van der Waals surface area contributed by atoms with Crippen LogP contribution in [0.1, 0.15) is 39.9 Å². The maximum absolute atomic E-state index is 13.9. The molecule has 1 N–H and O–H groups in total. The number of amides is 1. The Labute approximate surface area is 220 Å². The number of fused-ring (bicyclic) bond motifs is 4. The van der Waals surface area contributed by atoms with Crippen LogP contribution < -0.4 is 5.32 Å². The summed E-state index contributed by atoms with van der Waals surface area (Å²) in [5, 5.41) is 3.06. The van der Waals surface area contributed by atoms with Crippen molar-refractivity contribution in [3.8, 4) is 0 Å². The zero-order valence-corrected chi connectivity index (χ0v) is 21.1. The van der Waals surface area contributed by atoms with Gasteiger partial charge in [0.1, 0.15) is 22.9 Å². The fourth-order valence-corrected chi connectivity index (χ4v) is 5.26. The molecule has 200 valence electrons. The number of nitrogens with zero attached hydrogens (tertiary/aromatic N) is 5. The van der Waals surface area contributed by atoms with Crippen LogP contribution in [0.3, 0.4) is 0 Å². The predicted molar refractivity (Wildman–Crippen MR) is 139 cm³/mol. The molecule has 0 radical (unpaired) electrons. The topological polar surface area (TPSA) is 68.0 Å². The van der Waals surface area contributed by atoms with Gasteiger partial charge in [-0.25, -0.2) is 14.4 Å². The average molecular weight is 537 g/mol. The van der Waals surface area contributed by atoms with E-state index in [0.717, 1.165) is 36.6 Å². The highest BCUT2D eigenvalue weighted by molar-refractivity contribution is 6.07. The molecular weight excluding hydrogens is 512 g/mol. The van der Waals surface area contributed by atoms with E-state index in [1.54, 1.807) is 29.0 Å². The summed E-state index contributed by atoms with van der Waals surface area (Å²) in [6, 6.07) is 12.5. The lowest BCUT2D eigenvalue weighted by Crippen LogP contribution is -2.18. The van der Waals surface area contributed by atoms with Crippen LogP contribution in [0.5, 0.6) is 0 Å². The van der Waals surface area contributed by atoms with Gasteiger partial charge in [-0.3, -0.25) is 9.69 Å². The number of imidazole rings is 1. The molecule has 0 fully saturated rings. The van der Waals surface area contributed by atoms with E-state index < -0.39 is 23.5 Å². The van der Waals surface area contributed by atoms with Crippen molar-refractivity contribution < 1.29 is 22.4 Å². The molecule has 1 atom stereocenters. The largest absolute Gasteiger partial charge is 0.416 e. The lowest BCUT2D eigenvalue weighted by Gasteiger charge is -2.16. The van der Waals surface area contributed by atoms with E-state index in [-0.39, 0.29) is 23.7 Å². The number of benzene rings is 2. The van der Waals surface area contributed by atoms with E-state index in [1.165, 1.54) is 24.3 Å². The third-order valence-corrected chi connectivity index (χ3v) is 7.11. The minimum absolute atomic E-state index is 0.0896. The van der Waals surface area contributed by atoms with Gasteiger partial charge in [0.2, 0.25) is 0 Å². The summed E-state index contributed by atoms with van der Waals surface area (Å²) in [4.78, 5) is 24.9. The van der Waals surface area contributed by atoms with E-state index in [9.17, 15) is 22.4 Å². The highest BCUT2D eigenvalue weighted by Gasteiger charge is 2.31. The molecule has 11 heteroatoms. The Bertz CT molecular complexity index is 1740. The summed E-state index contributed by atoms with van der Waals surface area (Å²) in [7, 11) is 4.00. The molecule has 2 aromatic carbocycles. The maximum atomic E-state index is 13.9. The Morgan fingerprint density at radius 2 is 1.95 bits per heavy atom. The number of anilines is 1. The number of aryl methyl sites for hydroxylation is 1. The fourth-order valence-electron chi connectivity index (χ4n) is 5.26. The Hall–Kier alpha value is -4.25. The van der Waals surface area contributed by atoms with Crippen molar-refractivity contribution in [1.29, 1.82) is 0 Å². The molecule has 4 heterocycles. The van der Waals surface area contributed by atoms with Crippen LogP contribution >= 0.6 is 0 Å². The van der Waals surface area contributed by atoms with Gasteiger partial charge in [-0.2, -0.15) is 13.2 Å². The van der Waals surface area contributed by atoms with Crippen molar-refractivity contribution in [2.75, 3.05) is 19.4 Å². The number of rotatable bonds is 5.